The molecular weight excluding hydrogens is 378 g/mol. The number of carbonyl (C=O) groups is 2. The number of nitrogens with zero attached hydrogens (tertiary/aromatic N) is 4. The smallest absolute Gasteiger partial charge is 0.273 e. The number of likely N-dealkylation sites (tertiary alicyclic amines) is 1. The molecule has 3 aromatic rings. The largest absolute Gasteiger partial charge is 0.325 e. The van der Waals surface area contributed by atoms with Crippen molar-refractivity contribution < 1.29 is 9.59 Å². The number of aromatic nitrogens is 3. The van der Waals surface area contributed by atoms with Crippen LogP contribution in [0.1, 0.15) is 41.1 Å². The topological polar surface area (TPSA) is 80.1 Å². The lowest BCUT2D eigenvalue weighted by atomic mass is 10.0. The Hall–Kier alpha value is -3.48. The Morgan fingerprint density at radius 1 is 1.07 bits per heavy atom. The van der Waals surface area contributed by atoms with Gasteiger partial charge in [-0.3, -0.25) is 14.6 Å². The number of hydrogen-bond acceptors (Lipinski definition) is 4. The average molecular weight is 403 g/mol. The van der Waals surface area contributed by atoms with Crippen molar-refractivity contribution in [3.63, 3.8) is 0 Å². The second-order valence-electron chi connectivity index (χ2n) is 7.60. The zero-order valence-electron chi connectivity index (χ0n) is 17.2. The van der Waals surface area contributed by atoms with Crippen LogP contribution in [0, 0.1) is 13.8 Å². The zero-order valence-corrected chi connectivity index (χ0v) is 17.2. The number of benzene rings is 1. The third kappa shape index (κ3) is 4.10. The fraction of sp³-hybridized carbons (Fsp3) is 0.304. The van der Waals surface area contributed by atoms with E-state index in [1.165, 1.54) is 0 Å². The number of amides is 2. The average Bonchev–Trinajstić information content (AvgIpc) is 3.12. The van der Waals surface area contributed by atoms with Gasteiger partial charge in [0, 0.05) is 24.1 Å². The van der Waals surface area contributed by atoms with Crippen molar-refractivity contribution in [2.45, 2.75) is 39.2 Å². The summed E-state index contributed by atoms with van der Waals surface area (Å²) in [5.74, 6) is -0.367. The highest BCUT2D eigenvalue weighted by atomic mass is 16.2. The van der Waals surface area contributed by atoms with Crippen LogP contribution in [0.5, 0.6) is 0 Å². The van der Waals surface area contributed by atoms with E-state index < -0.39 is 6.04 Å². The minimum absolute atomic E-state index is 0.169. The second kappa shape index (κ2) is 8.49. The molecule has 0 radical (unpaired) electrons. The van der Waals surface area contributed by atoms with E-state index in [0.29, 0.717) is 24.3 Å². The molecule has 1 aromatic carbocycles. The van der Waals surface area contributed by atoms with Gasteiger partial charge in [0.1, 0.15) is 11.7 Å². The number of carbonyl (C=O) groups excluding carboxylic acids is 2. The summed E-state index contributed by atoms with van der Waals surface area (Å²) in [6, 6.07) is 14.3. The Bertz CT molecular complexity index is 1040. The Balaban J connectivity index is 1.48. The number of anilines is 1. The number of rotatable bonds is 4. The molecule has 2 amide bonds. The molecule has 7 heteroatoms. The predicted molar refractivity (Wildman–Crippen MR) is 115 cm³/mol. The molecule has 30 heavy (non-hydrogen) atoms. The fourth-order valence-corrected chi connectivity index (χ4v) is 3.89. The number of nitrogens with one attached hydrogen (secondary N) is 1. The molecule has 1 aliphatic heterocycles. The summed E-state index contributed by atoms with van der Waals surface area (Å²) in [6.45, 7) is 4.52. The minimum atomic E-state index is -0.496. The molecule has 3 heterocycles. The Morgan fingerprint density at radius 3 is 2.53 bits per heavy atom. The van der Waals surface area contributed by atoms with Gasteiger partial charge in [-0.25, -0.2) is 4.68 Å². The van der Waals surface area contributed by atoms with Gasteiger partial charge in [0.2, 0.25) is 5.91 Å². The number of aryl methyl sites for hydroxylation is 2. The molecule has 7 nitrogen and oxygen atoms in total. The zero-order chi connectivity index (χ0) is 21.1. The van der Waals surface area contributed by atoms with E-state index in [4.69, 9.17) is 0 Å². The normalized spacial score (nSPS) is 16.3. The van der Waals surface area contributed by atoms with Crippen molar-refractivity contribution in [1.82, 2.24) is 19.7 Å². The van der Waals surface area contributed by atoms with Crippen LogP contribution in [0.3, 0.4) is 0 Å². The highest BCUT2D eigenvalue weighted by molar-refractivity contribution is 6.00. The third-order valence-corrected chi connectivity index (χ3v) is 5.34. The molecule has 0 spiro atoms. The number of hydrogen-bond donors (Lipinski definition) is 1. The van der Waals surface area contributed by atoms with Gasteiger partial charge >= 0.3 is 0 Å². The van der Waals surface area contributed by atoms with Crippen LogP contribution in [0.25, 0.3) is 5.69 Å². The van der Waals surface area contributed by atoms with Crippen LogP contribution < -0.4 is 5.32 Å². The Labute approximate surface area is 175 Å². The lowest BCUT2D eigenvalue weighted by Crippen LogP contribution is -2.50. The molecule has 4 rings (SSSR count). The summed E-state index contributed by atoms with van der Waals surface area (Å²) in [7, 11) is 0. The van der Waals surface area contributed by atoms with Gasteiger partial charge in [0.25, 0.3) is 5.91 Å². The summed E-state index contributed by atoms with van der Waals surface area (Å²) in [4.78, 5) is 31.7. The quantitative estimate of drug-likeness (QED) is 0.723. The van der Waals surface area contributed by atoms with E-state index in [0.717, 1.165) is 29.9 Å². The molecule has 1 aliphatic rings. The van der Waals surface area contributed by atoms with Gasteiger partial charge in [0.15, 0.2) is 0 Å². The summed E-state index contributed by atoms with van der Waals surface area (Å²) in [5, 5.41) is 7.45. The molecule has 1 fully saturated rings. The van der Waals surface area contributed by atoms with Gasteiger partial charge in [-0.05, 0) is 75.6 Å². The van der Waals surface area contributed by atoms with Crippen LogP contribution in [0.2, 0.25) is 0 Å². The molecule has 1 unspecified atom stereocenters. The minimum Gasteiger partial charge on any atom is -0.325 e. The monoisotopic (exact) mass is 403 g/mol. The van der Waals surface area contributed by atoms with Crippen LogP contribution in [0.4, 0.5) is 5.69 Å². The van der Waals surface area contributed by atoms with E-state index in [1.807, 2.05) is 48.9 Å². The van der Waals surface area contributed by atoms with Gasteiger partial charge < -0.3 is 10.2 Å². The van der Waals surface area contributed by atoms with Crippen LogP contribution in [0.15, 0.2) is 54.7 Å². The van der Waals surface area contributed by atoms with Crippen molar-refractivity contribution in [2.24, 2.45) is 0 Å². The first kappa shape index (κ1) is 19.8. The van der Waals surface area contributed by atoms with Crippen LogP contribution in [-0.2, 0) is 4.79 Å². The molecular formula is C23H25N5O2. The molecule has 1 saturated heterocycles. The van der Waals surface area contributed by atoms with Gasteiger partial charge in [-0.15, -0.1) is 0 Å². The standard InChI is InChI=1S/C23H25N5O2/c1-16-15-17(2)28(26-16)19-11-9-18(10-12-19)25-22(29)21-8-4-6-14-27(21)23(30)20-7-3-5-13-24-20/h3,5,7,9-13,15,21H,4,6,8,14H2,1-2H3,(H,25,29). The first-order chi connectivity index (χ1) is 14.5. The first-order valence-corrected chi connectivity index (χ1v) is 10.2. The van der Waals surface area contributed by atoms with Crippen molar-refractivity contribution in [2.75, 3.05) is 11.9 Å². The summed E-state index contributed by atoms with van der Waals surface area (Å²) in [5.41, 5.74) is 4.01. The number of pyridine rings is 1. The highest BCUT2D eigenvalue weighted by Gasteiger charge is 2.33. The highest BCUT2D eigenvalue weighted by Crippen LogP contribution is 2.22. The third-order valence-electron chi connectivity index (χ3n) is 5.34. The summed E-state index contributed by atoms with van der Waals surface area (Å²) in [6.07, 6.45) is 4.05. The maximum atomic E-state index is 13.0. The lowest BCUT2D eigenvalue weighted by Gasteiger charge is -2.34. The molecule has 0 saturated carbocycles. The maximum absolute atomic E-state index is 13.0. The molecule has 0 bridgehead atoms. The Kier molecular flexibility index (Phi) is 5.61. The van der Waals surface area contributed by atoms with Crippen molar-refractivity contribution >= 4 is 17.5 Å². The number of piperidine rings is 1. The molecule has 0 aliphatic carbocycles. The van der Waals surface area contributed by atoms with E-state index in [2.05, 4.69) is 15.4 Å². The fourth-order valence-electron chi connectivity index (χ4n) is 3.89. The van der Waals surface area contributed by atoms with Crippen molar-refractivity contribution in [1.29, 1.82) is 0 Å². The van der Waals surface area contributed by atoms with Gasteiger partial charge in [-0.2, -0.15) is 5.10 Å². The van der Waals surface area contributed by atoms with Crippen LogP contribution >= 0.6 is 0 Å². The predicted octanol–water partition coefficient (Wildman–Crippen LogP) is 3.52. The summed E-state index contributed by atoms with van der Waals surface area (Å²) < 4.78 is 1.87. The van der Waals surface area contributed by atoms with Crippen LogP contribution in [-0.4, -0.2) is 44.1 Å². The molecule has 2 aromatic heterocycles. The first-order valence-electron chi connectivity index (χ1n) is 10.2. The Morgan fingerprint density at radius 2 is 1.87 bits per heavy atom. The van der Waals surface area contributed by atoms with Gasteiger partial charge in [0.05, 0.1) is 11.4 Å². The van der Waals surface area contributed by atoms with Gasteiger partial charge in [-0.1, -0.05) is 6.07 Å². The van der Waals surface area contributed by atoms with E-state index in [9.17, 15) is 9.59 Å². The van der Waals surface area contributed by atoms with E-state index in [1.54, 1.807) is 29.3 Å². The SMILES string of the molecule is Cc1cc(C)n(-c2ccc(NC(=O)C3CCCCN3C(=O)c3ccccn3)cc2)n1. The maximum Gasteiger partial charge on any atom is 0.273 e. The van der Waals surface area contributed by atoms with Crippen molar-refractivity contribution in [3.8, 4) is 5.69 Å². The van der Waals surface area contributed by atoms with E-state index in [-0.39, 0.29) is 11.8 Å². The van der Waals surface area contributed by atoms with E-state index >= 15 is 0 Å². The molecule has 154 valence electrons. The molecule has 1 atom stereocenters. The van der Waals surface area contributed by atoms with Crippen molar-refractivity contribution in [3.05, 3.63) is 71.8 Å². The lowest BCUT2D eigenvalue weighted by molar-refractivity contribution is -0.121. The summed E-state index contributed by atoms with van der Waals surface area (Å²) >= 11 is 0. The second-order valence-corrected chi connectivity index (χ2v) is 7.60. The molecule has 1 N–H and O–H groups in total.